The molecule has 0 atom stereocenters. The zero-order chi connectivity index (χ0) is 20.2. The summed E-state index contributed by atoms with van der Waals surface area (Å²) in [6, 6.07) is 7.18. The van der Waals surface area contributed by atoms with Crippen molar-refractivity contribution in [1.82, 2.24) is 14.5 Å². The average Bonchev–Trinajstić information content (AvgIpc) is 2.69. The van der Waals surface area contributed by atoms with Crippen LogP contribution in [-0.4, -0.2) is 68.3 Å². The van der Waals surface area contributed by atoms with Crippen LogP contribution in [0.1, 0.15) is 37.7 Å². The Morgan fingerprint density at radius 3 is 2.59 bits per heavy atom. The molecule has 1 saturated carbocycles. The van der Waals surface area contributed by atoms with E-state index in [9.17, 15) is 8.42 Å². The van der Waals surface area contributed by atoms with Gasteiger partial charge in [-0.2, -0.15) is 11.8 Å². The first-order valence-corrected chi connectivity index (χ1v) is 12.4. The smallest absolute Gasteiger partial charge is 0.242 e. The molecule has 6 nitrogen and oxygen atoms in total. The van der Waals surface area contributed by atoms with Gasteiger partial charge in [0.15, 0.2) is 5.96 Å². The van der Waals surface area contributed by atoms with Crippen molar-refractivity contribution in [3.63, 3.8) is 0 Å². The lowest BCUT2D eigenvalue weighted by molar-refractivity contribution is 0.293. The maximum Gasteiger partial charge on any atom is 0.242 e. The van der Waals surface area contributed by atoms with Gasteiger partial charge in [-0.25, -0.2) is 12.7 Å². The maximum atomic E-state index is 12.6. The third kappa shape index (κ3) is 5.80. The summed E-state index contributed by atoms with van der Waals surface area (Å²) in [5.74, 6) is 1.98. The summed E-state index contributed by atoms with van der Waals surface area (Å²) in [6.07, 6.45) is 6.57. The second-order valence-electron chi connectivity index (χ2n) is 7.81. The van der Waals surface area contributed by atoms with Gasteiger partial charge in [-0.3, -0.25) is 4.99 Å². The van der Waals surface area contributed by atoms with Gasteiger partial charge in [0.25, 0.3) is 0 Å². The molecule has 164 valence electrons. The second kappa shape index (κ2) is 10.7. The van der Waals surface area contributed by atoms with E-state index in [4.69, 9.17) is 0 Å². The number of nitrogens with one attached hydrogen (secondary N) is 1. The molecule has 1 N–H and O–H groups in total. The van der Waals surface area contributed by atoms with Crippen molar-refractivity contribution in [1.29, 1.82) is 0 Å². The normalized spacial score (nSPS) is 19.9. The Labute approximate surface area is 197 Å². The fourth-order valence-corrected chi connectivity index (χ4v) is 6.81. The highest BCUT2D eigenvalue weighted by molar-refractivity contribution is 14.0. The minimum Gasteiger partial charge on any atom is -0.352 e. The number of nitrogens with zero attached hydrogens (tertiary/aromatic N) is 3. The molecule has 29 heavy (non-hydrogen) atoms. The van der Waals surface area contributed by atoms with Crippen LogP contribution < -0.4 is 5.32 Å². The van der Waals surface area contributed by atoms with Crippen LogP contribution in [0.4, 0.5) is 0 Å². The van der Waals surface area contributed by atoms with Crippen LogP contribution in [0, 0.1) is 0 Å². The quantitative estimate of drug-likeness (QED) is 0.353. The largest absolute Gasteiger partial charge is 0.352 e. The van der Waals surface area contributed by atoms with Crippen molar-refractivity contribution in [2.45, 2.75) is 48.3 Å². The Kier molecular flexibility index (Phi) is 9.11. The third-order valence-electron chi connectivity index (χ3n) is 5.69. The summed E-state index contributed by atoms with van der Waals surface area (Å²) in [6.45, 7) is 2.44. The standard InChI is InChI=1S/C20H32N4O2S2.HI/c1-21-19(24-13-14-27-20(16-24)11-7-4-8-12-20)22-15-17-9-5-6-10-18(17)28(25,26)23(2)3;/h5-6,9-10H,4,7-8,11-16H2,1-3H3,(H,21,22);1H. The van der Waals surface area contributed by atoms with Gasteiger partial charge >= 0.3 is 0 Å². The van der Waals surface area contributed by atoms with Gasteiger partial charge < -0.3 is 10.2 Å². The van der Waals surface area contributed by atoms with Crippen molar-refractivity contribution in [3.05, 3.63) is 29.8 Å². The number of rotatable bonds is 4. The highest BCUT2D eigenvalue weighted by Gasteiger charge is 2.38. The number of guanidine groups is 1. The molecule has 1 aliphatic heterocycles. The fourth-order valence-electron chi connectivity index (χ4n) is 4.13. The number of benzene rings is 1. The number of hydrogen-bond acceptors (Lipinski definition) is 4. The van der Waals surface area contributed by atoms with Gasteiger partial charge in [0.2, 0.25) is 10.0 Å². The topological polar surface area (TPSA) is 65.0 Å². The predicted molar refractivity (Wildman–Crippen MR) is 133 cm³/mol. The molecule has 1 heterocycles. The maximum absolute atomic E-state index is 12.6. The zero-order valence-corrected chi connectivity index (χ0v) is 21.5. The molecule has 0 aromatic heterocycles. The first-order chi connectivity index (χ1) is 13.4. The molecule has 0 amide bonds. The van der Waals surface area contributed by atoms with E-state index in [1.165, 1.54) is 36.4 Å². The molecule has 3 rings (SSSR count). The molecule has 1 spiro atoms. The molecular formula is C20H33IN4O2S2. The third-order valence-corrected chi connectivity index (χ3v) is 9.14. The SMILES string of the molecule is CN=C(NCc1ccccc1S(=O)(=O)N(C)C)N1CCSC2(CCCCC2)C1.I. The monoisotopic (exact) mass is 552 g/mol. The number of aliphatic imine (C=N–C) groups is 1. The van der Waals surface area contributed by atoms with Crippen molar-refractivity contribution >= 4 is 51.7 Å². The first kappa shape index (κ1) is 24.7. The molecule has 1 saturated heterocycles. The Hall–Kier alpha value is -0.520. The van der Waals surface area contributed by atoms with E-state index in [0.717, 1.165) is 30.4 Å². The van der Waals surface area contributed by atoms with Crippen molar-refractivity contribution in [2.24, 2.45) is 4.99 Å². The average molecular weight is 553 g/mol. The number of halogens is 1. The number of sulfonamides is 1. The van der Waals surface area contributed by atoms with Crippen molar-refractivity contribution in [2.75, 3.05) is 40.0 Å². The van der Waals surface area contributed by atoms with E-state index in [0.29, 0.717) is 16.2 Å². The van der Waals surface area contributed by atoms with E-state index < -0.39 is 10.0 Å². The van der Waals surface area contributed by atoms with E-state index in [-0.39, 0.29) is 24.0 Å². The molecular weight excluding hydrogens is 519 g/mol. The van der Waals surface area contributed by atoms with Crippen molar-refractivity contribution < 1.29 is 8.42 Å². The lowest BCUT2D eigenvalue weighted by Crippen LogP contribution is -2.53. The van der Waals surface area contributed by atoms with Crippen LogP contribution in [0.15, 0.2) is 34.2 Å². The molecule has 1 aromatic rings. The van der Waals surface area contributed by atoms with Gasteiger partial charge in [0.1, 0.15) is 0 Å². The summed E-state index contributed by atoms with van der Waals surface area (Å²) in [5.41, 5.74) is 0.760. The highest BCUT2D eigenvalue weighted by atomic mass is 127. The van der Waals surface area contributed by atoms with Crippen LogP contribution in [0.5, 0.6) is 0 Å². The van der Waals surface area contributed by atoms with E-state index in [2.05, 4.69) is 27.0 Å². The fraction of sp³-hybridized carbons (Fsp3) is 0.650. The molecule has 0 bridgehead atoms. The summed E-state index contributed by atoms with van der Waals surface area (Å²) >= 11 is 2.13. The Balaban J connectivity index is 0.00000300. The lowest BCUT2D eigenvalue weighted by atomic mass is 9.87. The van der Waals surface area contributed by atoms with Gasteiger partial charge in [-0.1, -0.05) is 37.5 Å². The zero-order valence-electron chi connectivity index (χ0n) is 17.6. The Bertz CT molecular complexity index is 803. The summed E-state index contributed by atoms with van der Waals surface area (Å²) in [4.78, 5) is 7.19. The highest BCUT2D eigenvalue weighted by Crippen LogP contribution is 2.42. The van der Waals surface area contributed by atoms with E-state index >= 15 is 0 Å². The molecule has 1 aliphatic carbocycles. The van der Waals surface area contributed by atoms with E-state index in [1.807, 2.05) is 12.1 Å². The van der Waals surface area contributed by atoms with E-state index in [1.54, 1.807) is 33.3 Å². The second-order valence-corrected chi connectivity index (χ2v) is 11.5. The molecule has 2 fully saturated rings. The van der Waals surface area contributed by atoms with Gasteiger partial charge in [-0.05, 0) is 24.5 Å². The summed E-state index contributed by atoms with van der Waals surface area (Å²) in [7, 11) is 1.46. The summed E-state index contributed by atoms with van der Waals surface area (Å²) < 4.78 is 26.9. The Morgan fingerprint density at radius 2 is 1.93 bits per heavy atom. The summed E-state index contributed by atoms with van der Waals surface area (Å²) in [5, 5.41) is 3.41. The number of thioether (sulfide) groups is 1. The van der Waals surface area contributed by atoms with Crippen molar-refractivity contribution in [3.8, 4) is 0 Å². The Morgan fingerprint density at radius 1 is 1.24 bits per heavy atom. The van der Waals surface area contributed by atoms with Crippen LogP contribution >= 0.6 is 35.7 Å². The number of hydrogen-bond donors (Lipinski definition) is 1. The van der Waals surface area contributed by atoms with Gasteiger partial charge in [0.05, 0.1) is 4.90 Å². The van der Waals surface area contributed by atoms with Crippen LogP contribution in [-0.2, 0) is 16.6 Å². The van der Waals surface area contributed by atoms with Gasteiger partial charge in [0, 0.05) is 51.3 Å². The lowest BCUT2D eigenvalue weighted by Gasteiger charge is -2.45. The van der Waals surface area contributed by atoms with Gasteiger partial charge in [-0.15, -0.1) is 24.0 Å². The minimum atomic E-state index is -3.47. The molecule has 0 radical (unpaired) electrons. The van der Waals surface area contributed by atoms with Crippen LogP contribution in [0.2, 0.25) is 0 Å². The predicted octanol–water partition coefficient (Wildman–Crippen LogP) is 3.38. The molecule has 0 unspecified atom stereocenters. The van der Waals surface area contributed by atoms with Crippen LogP contribution in [0.3, 0.4) is 0 Å². The molecule has 2 aliphatic rings. The first-order valence-electron chi connectivity index (χ1n) is 9.98. The minimum absolute atomic E-state index is 0. The molecule has 1 aromatic carbocycles. The van der Waals surface area contributed by atoms with Crippen LogP contribution in [0.25, 0.3) is 0 Å². The molecule has 9 heteroatoms.